The Morgan fingerprint density at radius 3 is 2.67 bits per heavy atom. The zero-order valence-corrected chi connectivity index (χ0v) is 4.87. The van der Waals surface area contributed by atoms with Crippen LogP contribution in [0.2, 0.25) is 0 Å². The summed E-state index contributed by atoms with van der Waals surface area (Å²) in [6.45, 7) is 0. The Morgan fingerprint density at radius 1 is 1.56 bits per heavy atom. The number of hydrogen-bond donors (Lipinski definition) is 0. The van der Waals surface area contributed by atoms with Crippen LogP contribution in [0.1, 0.15) is 0 Å². The van der Waals surface area contributed by atoms with E-state index < -0.39 is 5.88 Å². The molecule has 0 aromatic carbocycles. The predicted octanol–water partition coefficient (Wildman–Crippen LogP) is -0.0759. The van der Waals surface area contributed by atoms with Crippen LogP contribution in [0.15, 0.2) is 16.9 Å². The molecule has 0 aliphatic carbocycles. The Morgan fingerprint density at radius 2 is 2.22 bits per heavy atom. The molecule has 0 saturated heterocycles. The quantitative estimate of drug-likeness (QED) is 0.487. The molecule has 4 nitrogen and oxygen atoms in total. The number of rotatable bonds is 0. The molecule has 0 aliphatic heterocycles. The minimum Gasteiger partial charge on any atom is -0.268 e. The number of hydrogen-bond acceptors (Lipinski definition) is 2. The van der Waals surface area contributed by atoms with E-state index in [0.29, 0.717) is 0 Å². The van der Waals surface area contributed by atoms with Gasteiger partial charge in [0.15, 0.2) is 0 Å². The van der Waals surface area contributed by atoms with Gasteiger partial charge in [-0.15, -0.1) is 5.10 Å². The number of nitrogens with zero attached hydrogens (tertiary/aromatic N) is 2. The van der Waals surface area contributed by atoms with Crippen molar-refractivity contribution in [2.75, 3.05) is 0 Å². The van der Waals surface area contributed by atoms with Crippen molar-refractivity contribution in [3.8, 4) is 5.88 Å². The lowest BCUT2D eigenvalue weighted by Crippen LogP contribution is -2.16. The van der Waals surface area contributed by atoms with Crippen LogP contribution < -0.4 is 5.56 Å². The lowest BCUT2D eigenvalue weighted by molar-refractivity contribution is 0.324. The van der Waals surface area contributed by atoms with Gasteiger partial charge in [0.1, 0.15) is 0 Å². The molecule has 0 fully saturated rings. The summed E-state index contributed by atoms with van der Waals surface area (Å²) in [5.41, 5.74) is -0.269. The molecule has 0 saturated carbocycles. The maximum absolute atomic E-state index is 10.5. The molecule has 0 atom stereocenters. The first kappa shape index (κ1) is 5.81. The van der Waals surface area contributed by atoms with Gasteiger partial charge in [0, 0.05) is 19.2 Å². The van der Waals surface area contributed by atoms with E-state index in [0.717, 1.165) is 10.7 Å². The maximum Gasteiger partial charge on any atom is 0.286 e. The molecule has 0 bridgehead atoms. The number of aryl methyl sites for hydroxylation is 1. The highest BCUT2D eigenvalue weighted by Gasteiger charge is 1.92. The summed E-state index contributed by atoms with van der Waals surface area (Å²) >= 11 is 0. The molecule has 9 heavy (non-hydrogen) atoms. The molecule has 1 aromatic heterocycles. The fourth-order valence-corrected chi connectivity index (χ4v) is 0.481. The lowest BCUT2D eigenvalue weighted by Gasteiger charge is -1.90. The lowest BCUT2D eigenvalue weighted by atomic mass is 10.5. The summed E-state index contributed by atoms with van der Waals surface area (Å²) in [6.07, 6.45) is 0. The first-order valence-electron chi connectivity index (χ1n) is 2.41. The molecule has 47 valence electrons. The molecule has 0 N–H and O–H groups in total. The van der Waals surface area contributed by atoms with Crippen LogP contribution in [0.4, 0.5) is 0 Å². The molecule has 0 aliphatic rings. The average Bonchev–Trinajstić information content (AvgIpc) is 1.80. The summed E-state index contributed by atoms with van der Waals surface area (Å²) in [4.78, 5) is 10.5. The van der Waals surface area contributed by atoms with Gasteiger partial charge >= 0.3 is 0 Å². The second kappa shape index (κ2) is 1.89. The minimum atomic E-state index is -0.392. The molecular weight excluding hydrogens is 120 g/mol. The van der Waals surface area contributed by atoms with E-state index in [1.807, 2.05) is 0 Å². The van der Waals surface area contributed by atoms with Crippen molar-refractivity contribution in [2.45, 2.75) is 0 Å². The SMILES string of the molecule is Cn1nc([O])ccc1=O. The van der Waals surface area contributed by atoms with Gasteiger partial charge in [0.05, 0.1) is 0 Å². The molecule has 1 heterocycles. The normalized spacial score (nSPS) is 9.44. The fraction of sp³-hybridized carbons (Fsp3) is 0.200. The van der Waals surface area contributed by atoms with Gasteiger partial charge in [-0.05, 0) is 0 Å². The molecule has 1 rings (SSSR count). The third-order valence-electron chi connectivity index (χ3n) is 0.936. The van der Waals surface area contributed by atoms with E-state index in [1.165, 1.54) is 13.1 Å². The highest BCUT2D eigenvalue weighted by molar-refractivity contribution is 5.02. The van der Waals surface area contributed by atoms with Crippen LogP contribution in [-0.4, -0.2) is 9.78 Å². The molecule has 1 aromatic rings. The van der Waals surface area contributed by atoms with Crippen LogP contribution in [0.25, 0.3) is 0 Å². The average molecular weight is 125 g/mol. The largest absolute Gasteiger partial charge is 0.286 e. The van der Waals surface area contributed by atoms with Crippen molar-refractivity contribution in [2.24, 2.45) is 7.05 Å². The van der Waals surface area contributed by atoms with Gasteiger partial charge < -0.3 is 0 Å². The van der Waals surface area contributed by atoms with Crippen molar-refractivity contribution in [3.63, 3.8) is 0 Å². The minimum absolute atomic E-state index is 0.269. The zero-order chi connectivity index (χ0) is 6.85. The van der Waals surface area contributed by atoms with E-state index in [4.69, 9.17) is 0 Å². The molecule has 0 unspecified atom stereocenters. The highest BCUT2D eigenvalue weighted by Crippen LogP contribution is 1.95. The maximum atomic E-state index is 10.5. The van der Waals surface area contributed by atoms with E-state index in [9.17, 15) is 9.90 Å². The summed E-state index contributed by atoms with van der Waals surface area (Å²) in [7, 11) is 1.43. The van der Waals surface area contributed by atoms with Crippen molar-refractivity contribution >= 4 is 0 Å². The van der Waals surface area contributed by atoms with Gasteiger partial charge in [-0.2, -0.15) is 0 Å². The van der Waals surface area contributed by atoms with Crippen LogP contribution >= 0.6 is 0 Å². The Balaban J connectivity index is 3.34. The van der Waals surface area contributed by atoms with Crippen molar-refractivity contribution in [3.05, 3.63) is 22.5 Å². The van der Waals surface area contributed by atoms with E-state index in [1.54, 1.807) is 0 Å². The van der Waals surface area contributed by atoms with Gasteiger partial charge in [0.2, 0.25) is 0 Å². The summed E-state index contributed by atoms with van der Waals surface area (Å²) in [6, 6.07) is 2.33. The molecule has 4 heteroatoms. The van der Waals surface area contributed by atoms with E-state index >= 15 is 0 Å². The zero-order valence-electron chi connectivity index (χ0n) is 4.87. The smallest absolute Gasteiger partial charge is 0.268 e. The summed E-state index contributed by atoms with van der Waals surface area (Å²) in [5, 5.41) is 13.7. The van der Waals surface area contributed by atoms with Gasteiger partial charge in [0.25, 0.3) is 11.4 Å². The molecule has 0 amide bonds. The molecular formula is C5H5N2O2. The highest BCUT2D eigenvalue weighted by atomic mass is 16.3. The topological polar surface area (TPSA) is 54.8 Å². The standard InChI is InChI=1S/C5H5N2O2/c1-7-5(9)3-2-4(8)6-7/h2-3H,1H3. The van der Waals surface area contributed by atoms with Gasteiger partial charge in [-0.3, -0.25) is 9.90 Å². The summed E-state index contributed by atoms with van der Waals surface area (Å²) in [5.74, 6) is -0.392. The van der Waals surface area contributed by atoms with Crippen LogP contribution in [0, 0.1) is 0 Å². The third kappa shape index (κ3) is 1.07. The van der Waals surface area contributed by atoms with Crippen LogP contribution in [0.3, 0.4) is 0 Å². The Kier molecular flexibility index (Phi) is 1.22. The molecule has 1 radical (unpaired) electrons. The Labute approximate surface area is 51.4 Å². The Bertz CT molecular complexity index is 266. The Hall–Kier alpha value is -1.32. The van der Waals surface area contributed by atoms with E-state index in [2.05, 4.69) is 5.10 Å². The first-order valence-corrected chi connectivity index (χ1v) is 2.41. The second-order valence-corrected chi connectivity index (χ2v) is 1.63. The van der Waals surface area contributed by atoms with Gasteiger partial charge in [-0.25, -0.2) is 4.68 Å². The fourth-order valence-electron chi connectivity index (χ4n) is 0.481. The second-order valence-electron chi connectivity index (χ2n) is 1.63. The van der Waals surface area contributed by atoms with Crippen LogP contribution in [-0.2, 0) is 12.2 Å². The van der Waals surface area contributed by atoms with E-state index in [-0.39, 0.29) is 5.56 Å². The molecule has 0 spiro atoms. The third-order valence-corrected chi connectivity index (χ3v) is 0.936. The van der Waals surface area contributed by atoms with Crippen LogP contribution in [0.5, 0.6) is 5.88 Å². The van der Waals surface area contributed by atoms with Crippen molar-refractivity contribution in [1.82, 2.24) is 9.78 Å². The van der Waals surface area contributed by atoms with Gasteiger partial charge in [-0.1, -0.05) is 0 Å². The summed E-state index contributed by atoms with van der Waals surface area (Å²) < 4.78 is 1.00. The van der Waals surface area contributed by atoms with Crippen molar-refractivity contribution < 1.29 is 5.11 Å². The first-order chi connectivity index (χ1) is 4.20. The number of aromatic nitrogens is 2. The van der Waals surface area contributed by atoms with Crippen molar-refractivity contribution in [1.29, 1.82) is 0 Å². The monoisotopic (exact) mass is 125 g/mol. The predicted molar refractivity (Wildman–Crippen MR) is 29.6 cm³/mol.